The fourth-order valence-corrected chi connectivity index (χ4v) is 3.83. The molecule has 0 radical (unpaired) electrons. The highest BCUT2D eigenvalue weighted by molar-refractivity contribution is 7.20. The van der Waals surface area contributed by atoms with Gasteiger partial charge in [-0.15, -0.1) is 11.3 Å². The molecule has 0 fully saturated rings. The Kier molecular flexibility index (Phi) is 3.48. The van der Waals surface area contributed by atoms with Crippen LogP contribution in [0.2, 0.25) is 5.02 Å². The number of pyridine rings is 1. The quantitative estimate of drug-likeness (QED) is 0.305. The van der Waals surface area contributed by atoms with Gasteiger partial charge in [0.05, 0.1) is 15.4 Å². The Hall–Kier alpha value is -2.43. The molecular weight excluding hydrogens is 328 g/mol. The highest BCUT2D eigenvalue weighted by Crippen LogP contribution is 2.30. The van der Waals surface area contributed by atoms with Gasteiger partial charge in [0.2, 0.25) is 0 Å². The van der Waals surface area contributed by atoms with E-state index in [9.17, 15) is 5.21 Å². The average Bonchev–Trinajstić information content (AvgIpc) is 2.97. The predicted molar refractivity (Wildman–Crippen MR) is 96.0 cm³/mol. The molecule has 2 aromatic carbocycles. The first kappa shape index (κ1) is 14.2. The Morgan fingerprint density at radius 1 is 1.00 bits per heavy atom. The molecule has 0 aliphatic carbocycles. The van der Waals surface area contributed by atoms with Crippen LogP contribution >= 0.6 is 22.9 Å². The Labute approximate surface area is 141 Å². The van der Waals surface area contributed by atoms with Gasteiger partial charge in [-0.3, -0.25) is 0 Å². The summed E-state index contributed by atoms with van der Waals surface area (Å²) in [5, 5.41) is 15.6. The molecule has 0 atom stereocenters. The van der Waals surface area contributed by atoms with Crippen molar-refractivity contribution in [3.05, 3.63) is 76.1 Å². The van der Waals surface area contributed by atoms with Crippen molar-refractivity contribution in [3.8, 4) is 0 Å². The molecule has 0 aliphatic rings. The molecule has 0 spiro atoms. The number of aromatic nitrogens is 1. The second kappa shape index (κ2) is 5.65. The van der Waals surface area contributed by atoms with Crippen molar-refractivity contribution >= 4 is 49.8 Å². The molecule has 0 bridgehead atoms. The summed E-state index contributed by atoms with van der Waals surface area (Å²) in [6, 6.07) is 19.4. The first-order valence-electron chi connectivity index (χ1n) is 7.03. The van der Waals surface area contributed by atoms with Crippen LogP contribution in [0.3, 0.4) is 0 Å². The zero-order valence-electron chi connectivity index (χ0n) is 11.9. The smallest absolute Gasteiger partial charge is 0.128 e. The lowest BCUT2D eigenvalue weighted by Crippen LogP contribution is -2.01. The van der Waals surface area contributed by atoms with Gasteiger partial charge in [0.1, 0.15) is 10.5 Å². The normalized spacial score (nSPS) is 12.1. The maximum Gasteiger partial charge on any atom is 0.128 e. The number of hydrogen-bond acceptors (Lipinski definition) is 4. The number of oxime groups is 1. The van der Waals surface area contributed by atoms with E-state index in [1.807, 2.05) is 48.5 Å². The largest absolute Gasteiger partial charge is 0.410 e. The molecule has 4 aromatic rings. The average molecular weight is 339 g/mol. The molecule has 1 N–H and O–H groups in total. The Morgan fingerprint density at radius 3 is 2.61 bits per heavy atom. The summed E-state index contributed by atoms with van der Waals surface area (Å²) < 4.78 is 0. The third kappa shape index (κ3) is 2.46. The van der Waals surface area contributed by atoms with E-state index in [2.05, 4.69) is 16.2 Å². The van der Waals surface area contributed by atoms with Gasteiger partial charge in [0.25, 0.3) is 0 Å². The van der Waals surface area contributed by atoms with Crippen LogP contribution in [-0.4, -0.2) is 15.9 Å². The van der Waals surface area contributed by atoms with E-state index in [-0.39, 0.29) is 0 Å². The van der Waals surface area contributed by atoms with Crippen molar-refractivity contribution in [1.82, 2.24) is 4.98 Å². The summed E-state index contributed by atoms with van der Waals surface area (Å²) in [6.07, 6.45) is 0. The van der Waals surface area contributed by atoms with Gasteiger partial charge >= 0.3 is 0 Å². The topological polar surface area (TPSA) is 45.5 Å². The van der Waals surface area contributed by atoms with Gasteiger partial charge in [-0.2, -0.15) is 0 Å². The van der Waals surface area contributed by atoms with E-state index in [0.29, 0.717) is 16.3 Å². The van der Waals surface area contributed by atoms with E-state index in [0.717, 1.165) is 26.0 Å². The fourth-order valence-electron chi connectivity index (χ4n) is 2.58. The van der Waals surface area contributed by atoms with Gasteiger partial charge in [-0.1, -0.05) is 53.2 Å². The third-order valence-electron chi connectivity index (χ3n) is 3.67. The summed E-state index contributed by atoms with van der Waals surface area (Å²) in [7, 11) is 0. The molecule has 3 nitrogen and oxygen atoms in total. The number of para-hydroxylation sites is 1. The van der Waals surface area contributed by atoms with Crippen LogP contribution in [-0.2, 0) is 0 Å². The van der Waals surface area contributed by atoms with E-state index in [1.54, 1.807) is 6.07 Å². The van der Waals surface area contributed by atoms with Crippen molar-refractivity contribution < 1.29 is 5.21 Å². The minimum atomic E-state index is 0.461. The van der Waals surface area contributed by atoms with Crippen LogP contribution in [0.1, 0.15) is 10.4 Å². The first-order valence-corrected chi connectivity index (χ1v) is 8.22. The lowest BCUT2D eigenvalue weighted by atomic mass is 10.1. The standard InChI is InChI=1S/C18H11ClN2OS/c19-14-7-3-2-6-13(14)17(21-22)16-10-12-9-11-5-1-4-8-15(11)20-18(12)23-16/h1-10,22H. The van der Waals surface area contributed by atoms with E-state index in [1.165, 1.54) is 11.3 Å². The molecule has 0 saturated carbocycles. The molecule has 0 amide bonds. The van der Waals surface area contributed by atoms with E-state index < -0.39 is 0 Å². The molecule has 0 aliphatic heterocycles. The van der Waals surface area contributed by atoms with Crippen LogP contribution in [0.15, 0.2) is 65.8 Å². The van der Waals surface area contributed by atoms with Gasteiger partial charge in [0, 0.05) is 16.3 Å². The van der Waals surface area contributed by atoms with Crippen molar-refractivity contribution in [1.29, 1.82) is 0 Å². The monoisotopic (exact) mass is 338 g/mol. The first-order chi connectivity index (χ1) is 11.3. The lowest BCUT2D eigenvalue weighted by Gasteiger charge is -2.03. The number of fused-ring (bicyclic) bond motifs is 2. The Morgan fingerprint density at radius 2 is 1.78 bits per heavy atom. The number of hydrogen-bond donors (Lipinski definition) is 1. The van der Waals surface area contributed by atoms with Crippen molar-refractivity contribution in [2.45, 2.75) is 0 Å². The molecule has 23 heavy (non-hydrogen) atoms. The summed E-state index contributed by atoms with van der Waals surface area (Å²) >= 11 is 7.72. The Bertz CT molecular complexity index is 1000. The zero-order chi connectivity index (χ0) is 15.8. The molecular formula is C18H11ClN2OS. The molecule has 2 aromatic heterocycles. The third-order valence-corrected chi connectivity index (χ3v) is 5.05. The minimum Gasteiger partial charge on any atom is -0.410 e. The fraction of sp³-hybridized carbons (Fsp3) is 0. The molecule has 0 unspecified atom stereocenters. The Balaban J connectivity index is 1.91. The number of halogens is 1. The van der Waals surface area contributed by atoms with E-state index >= 15 is 0 Å². The maximum absolute atomic E-state index is 9.49. The van der Waals surface area contributed by atoms with Gasteiger partial charge in [0.15, 0.2) is 0 Å². The van der Waals surface area contributed by atoms with Crippen molar-refractivity contribution in [2.24, 2.45) is 5.16 Å². The second-order valence-electron chi connectivity index (χ2n) is 5.11. The number of benzene rings is 2. The second-order valence-corrected chi connectivity index (χ2v) is 6.55. The van der Waals surface area contributed by atoms with Crippen LogP contribution in [0.25, 0.3) is 21.1 Å². The summed E-state index contributed by atoms with van der Waals surface area (Å²) in [5.74, 6) is 0. The predicted octanol–water partition coefficient (Wildman–Crippen LogP) is 5.33. The molecule has 0 saturated heterocycles. The molecule has 112 valence electrons. The summed E-state index contributed by atoms with van der Waals surface area (Å²) in [5.41, 5.74) is 2.11. The number of thiophene rings is 1. The highest BCUT2D eigenvalue weighted by atomic mass is 35.5. The highest BCUT2D eigenvalue weighted by Gasteiger charge is 2.15. The summed E-state index contributed by atoms with van der Waals surface area (Å²) in [6.45, 7) is 0. The van der Waals surface area contributed by atoms with Crippen LogP contribution < -0.4 is 0 Å². The van der Waals surface area contributed by atoms with Crippen LogP contribution in [0.5, 0.6) is 0 Å². The molecule has 5 heteroatoms. The zero-order valence-corrected chi connectivity index (χ0v) is 13.5. The van der Waals surface area contributed by atoms with Crippen LogP contribution in [0.4, 0.5) is 0 Å². The van der Waals surface area contributed by atoms with Crippen LogP contribution in [0, 0.1) is 0 Å². The van der Waals surface area contributed by atoms with Crippen molar-refractivity contribution in [2.75, 3.05) is 0 Å². The maximum atomic E-state index is 9.49. The summed E-state index contributed by atoms with van der Waals surface area (Å²) in [4.78, 5) is 6.42. The number of rotatable bonds is 2. The minimum absolute atomic E-state index is 0.461. The number of nitrogens with zero attached hydrogens (tertiary/aromatic N) is 2. The van der Waals surface area contributed by atoms with Crippen molar-refractivity contribution in [3.63, 3.8) is 0 Å². The van der Waals surface area contributed by atoms with Gasteiger partial charge in [-0.05, 0) is 24.3 Å². The van der Waals surface area contributed by atoms with E-state index in [4.69, 9.17) is 11.6 Å². The van der Waals surface area contributed by atoms with Gasteiger partial charge in [-0.25, -0.2) is 4.98 Å². The molecule has 2 heterocycles. The SMILES string of the molecule is ON=C(c1cc2cc3ccccc3nc2s1)c1ccccc1Cl. The lowest BCUT2D eigenvalue weighted by molar-refractivity contribution is 0.320. The van der Waals surface area contributed by atoms with Gasteiger partial charge < -0.3 is 5.21 Å². The molecule has 4 rings (SSSR count).